The highest BCUT2D eigenvalue weighted by Gasteiger charge is 2.08. The highest BCUT2D eigenvalue weighted by Crippen LogP contribution is 2.17. The van der Waals surface area contributed by atoms with Gasteiger partial charge in [0.05, 0.1) is 0 Å². The average molecular weight is 321 g/mol. The van der Waals surface area contributed by atoms with Crippen molar-refractivity contribution in [2.75, 3.05) is 11.9 Å². The second-order valence-electron chi connectivity index (χ2n) is 4.19. The number of anilines is 1. The Kier molecular flexibility index (Phi) is 4.16. The van der Waals surface area contributed by atoms with E-state index in [2.05, 4.69) is 20.9 Å². The minimum Gasteiger partial charge on any atom is -0.477 e. The van der Waals surface area contributed by atoms with Gasteiger partial charge in [-0.3, -0.25) is 0 Å². The van der Waals surface area contributed by atoms with Crippen molar-refractivity contribution >= 4 is 27.6 Å². The molecule has 0 aliphatic carbocycles. The third-order valence-electron chi connectivity index (χ3n) is 2.74. The molecule has 0 atom stereocenters. The molecule has 0 aliphatic rings. The van der Waals surface area contributed by atoms with Crippen molar-refractivity contribution in [3.63, 3.8) is 0 Å². The van der Waals surface area contributed by atoms with E-state index in [1.165, 1.54) is 6.20 Å². The summed E-state index contributed by atoms with van der Waals surface area (Å²) >= 11 is 3.39. The molecular formula is C14H13BrN2O2. The zero-order valence-corrected chi connectivity index (χ0v) is 12.0. The Morgan fingerprint density at radius 3 is 2.63 bits per heavy atom. The third kappa shape index (κ3) is 3.54. The molecule has 1 aromatic heterocycles. The van der Waals surface area contributed by atoms with Crippen LogP contribution in [0.3, 0.4) is 0 Å². The highest BCUT2D eigenvalue weighted by molar-refractivity contribution is 9.10. The monoisotopic (exact) mass is 320 g/mol. The van der Waals surface area contributed by atoms with E-state index in [1.807, 2.05) is 36.2 Å². The number of aromatic carboxylic acids is 1. The summed E-state index contributed by atoms with van der Waals surface area (Å²) < 4.78 is 1.04. The summed E-state index contributed by atoms with van der Waals surface area (Å²) in [5.41, 5.74) is 2.04. The van der Waals surface area contributed by atoms with Gasteiger partial charge in [-0.1, -0.05) is 28.1 Å². The maximum Gasteiger partial charge on any atom is 0.354 e. The van der Waals surface area contributed by atoms with Crippen LogP contribution in [0.1, 0.15) is 16.1 Å². The molecular weight excluding hydrogens is 308 g/mol. The van der Waals surface area contributed by atoms with Gasteiger partial charge in [0.15, 0.2) is 0 Å². The molecule has 19 heavy (non-hydrogen) atoms. The van der Waals surface area contributed by atoms with Gasteiger partial charge in [-0.25, -0.2) is 9.78 Å². The maximum atomic E-state index is 10.9. The lowest BCUT2D eigenvalue weighted by Gasteiger charge is -2.19. The van der Waals surface area contributed by atoms with E-state index in [1.54, 1.807) is 12.1 Å². The van der Waals surface area contributed by atoms with Crippen LogP contribution in [0.4, 0.5) is 5.69 Å². The standard InChI is InChI=1S/C14H13BrN2O2/c1-17(9-10-2-4-11(15)5-3-10)12-6-7-16-13(8-12)14(18)19/h2-8H,9H2,1H3,(H,18,19). The van der Waals surface area contributed by atoms with Crippen LogP contribution in [-0.2, 0) is 6.54 Å². The number of hydrogen-bond donors (Lipinski definition) is 1. The predicted molar refractivity (Wildman–Crippen MR) is 77.4 cm³/mol. The van der Waals surface area contributed by atoms with Crippen molar-refractivity contribution in [2.45, 2.75) is 6.54 Å². The first-order chi connectivity index (χ1) is 9.06. The molecule has 0 saturated carbocycles. The van der Waals surface area contributed by atoms with Crippen LogP contribution in [0.2, 0.25) is 0 Å². The number of carboxylic acids is 1. The molecule has 0 aliphatic heterocycles. The van der Waals surface area contributed by atoms with Crippen LogP contribution < -0.4 is 4.90 Å². The lowest BCUT2D eigenvalue weighted by molar-refractivity contribution is 0.0690. The third-order valence-corrected chi connectivity index (χ3v) is 3.27. The molecule has 1 heterocycles. The summed E-state index contributed by atoms with van der Waals surface area (Å²) in [4.78, 5) is 16.7. The van der Waals surface area contributed by atoms with E-state index in [0.717, 1.165) is 15.7 Å². The van der Waals surface area contributed by atoms with E-state index in [0.29, 0.717) is 6.54 Å². The van der Waals surface area contributed by atoms with E-state index in [-0.39, 0.29) is 5.69 Å². The molecule has 1 N–H and O–H groups in total. The molecule has 2 aromatic rings. The van der Waals surface area contributed by atoms with Gasteiger partial charge >= 0.3 is 5.97 Å². The van der Waals surface area contributed by atoms with Crippen LogP contribution in [-0.4, -0.2) is 23.1 Å². The van der Waals surface area contributed by atoms with Gasteiger partial charge in [-0.2, -0.15) is 0 Å². The van der Waals surface area contributed by atoms with Gasteiger partial charge in [0, 0.05) is 29.9 Å². The number of hydrogen-bond acceptors (Lipinski definition) is 3. The van der Waals surface area contributed by atoms with E-state index >= 15 is 0 Å². The normalized spacial score (nSPS) is 10.2. The Balaban J connectivity index is 2.15. The van der Waals surface area contributed by atoms with Crippen molar-refractivity contribution in [2.24, 2.45) is 0 Å². The maximum absolute atomic E-state index is 10.9. The molecule has 0 fully saturated rings. The molecule has 5 heteroatoms. The lowest BCUT2D eigenvalue weighted by Crippen LogP contribution is -2.17. The van der Waals surface area contributed by atoms with Crippen molar-refractivity contribution in [1.82, 2.24) is 4.98 Å². The fourth-order valence-electron chi connectivity index (χ4n) is 1.73. The first-order valence-electron chi connectivity index (χ1n) is 5.71. The number of aromatic nitrogens is 1. The fraction of sp³-hybridized carbons (Fsp3) is 0.143. The minimum absolute atomic E-state index is 0.0557. The smallest absolute Gasteiger partial charge is 0.354 e. The molecule has 4 nitrogen and oxygen atoms in total. The summed E-state index contributed by atoms with van der Waals surface area (Å²) in [5, 5.41) is 8.93. The second-order valence-corrected chi connectivity index (χ2v) is 5.10. The van der Waals surface area contributed by atoms with E-state index < -0.39 is 5.97 Å². The van der Waals surface area contributed by atoms with Gasteiger partial charge in [0.2, 0.25) is 0 Å². The van der Waals surface area contributed by atoms with E-state index in [4.69, 9.17) is 5.11 Å². The van der Waals surface area contributed by atoms with Crippen LogP contribution >= 0.6 is 15.9 Å². The quantitative estimate of drug-likeness (QED) is 0.940. The number of nitrogens with zero attached hydrogens (tertiary/aromatic N) is 2. The number of pyridine rings is 1. The summed E-state index contributed by atoms with van der Waals surface area (Å²) in [6.45, 7) is 0.705. The van der Waals surface area contributed by atoms with Crippen molar-refractivity contribution in [3.8, 4) is 0 Å². The average Bonchev–Trinajstić information content (AvgIpc) is 2.41. The number of carbonyl (C=O) groups is 1. The molecule has 0 unspecified atom stereocenters. The van der Waals surface area contributed by atoms with Crippen LogP contribution in [0.15, 0.2) is 47.1 Å². The summed E-state index contributed by atoms with van der Waals surface area (Å²) in [6.07, 6.45) is 1.51. The molecule has 0 bridgehead atoms. The Labute approximate surface area is 119 Å². The van der Waals surface area contributed by atoms with Gasteiger partial charge < -0.3 is 10.0 Å². The fourth-order valence-corrected chi connectivity index (χ4v) is 1.99. The van der Waals surface area contributed by atoms with E-state index in [9.17, 15) is 4.79 Å². The second kappa shape index (κ2) is 5.84. The number of benzene rings is 1. The number of halogens is 1. The summed E-state index contributed by atoms with van der Waals surface area (Å²) in [5.74, 6) is -1.01. The summed E-state index contributed by atoms with van der Waals surface area (Å²) in [6, 6.07) is 11.4. The molecule has 0 saturated heterocycles. The Morgan fingerprint density at radius 1 is 1.32 bits per heavy atom. The minimum atomic E-state index is -1.01. The first-order valence-corrected chi connectivity index (χ1v) is 6.50. The van der Waals surface area contributed by atoms with Crippen molar-refractivity contribution in [1.29, 1.82) is 0 Å². The Bertz CT molecular complexity index is 584. The van der Waals surface area contributed by atoms with Gasteiger partial charge in [0.1, 0.15) is 5.69 Å². The molecule has 98 valence electrons. The zero-order chi connectivity index (χ0) is 13.8. The molecule has 0 radical (unpaired) electrons. The van der Waals surface area contributed by atoms with Crippen LogP contribution in [0, 0.1) is 0 Å². The summed E-state index contributed by atoms with van der Waals surface area (Å²) in [7, 11) is 1.92. The zero-order valence-electron chi connectivity index (χ0n) is 10.4. The SMILES string of the molecule is CN(Cc1ccc(Br)cc1)c1ccnc(C(=O)O)c1. The lowest BCUT2D eigenvalue weighted by atomic mass is 10.2. The Hall–Kier alpha value is -1.88. The van der Waals surface area contributed by atoms with Crippen LogP contribution in [0.5, 0.6) is 0 Å². The number of carboxylic acid groups (broad SMARTS) is 1. The topological polar surface area (TPSA) is 53.4 Å². The van der Waals surface area contributed by atoms with Crippen molar-refractivity contribution in [3.05, 3.63) is 58.3 Å². The molecule has 1 aromatic carbocycles. The predicted octanol–water partition coefficient (Wildman–Crippen LogP) is 3.18. The Morgan fingerprint density at radius 2 is 2.00 bits per heavy atom. The van der Waals surface area contributed by atoms with Gasteiger partial charge in [-0.15, -0.1) is 0 Å². The van der Waals surface area contributed by atoms with Gasteiger partial charge in [0.25, 0.3) is 0 Å². The number of rotatable bonds is 4. The molecule has 2 rings (SSSR count). The largest absolute Gasteiger partial charge is 0.477 e. The molecule has 0 amide bonds. The highest BCUT2D eigenvalue weighted by atomic mass is 79.9. The first kappa shape index (κ1) is 13.5. The van der Waals surface area contributed by atoms with Crippen LogP contribution in [0.25, 0.3) is 0 Å². The van der Waals surface area contributed by atoms with Gasteiger partial charge in [-0.05, 0) is 29.8 Å². The van der Waals surface area contributed by atoms with Crippen molar-refractivity contribution < 1.29 is 9.90 Å². The molecule has 0 spiro atoms.